The van der Waals surface area contributed by atoms with Gasteiger partial charge in [-0.2, -0.15) is 0 Å². The molecule has 1 aliphatic rings. The van der Waals surface area contributed by atoms with Crippen LogP contribution in [0.4, 0.5) is 8.78 Å². The van der Waals surface area contributed by atoms with Crippen molar-refractivity contribution in [3.05, 3.63) is 18.2 Å². The van der Waals surface area contributed by atoms with Gasteiger partial charge >= 0.3 is 0 Å². The molecule has 2 heterocycles. The summed E-state index contributed by atoms with van der Waals surface area (Å²) in [6.45, 7) is 2.46. The van der Waals surface area contributed by atoms with Crippen LogP contribution in [0.3, 0.4) is 0 Å². The molecule has 102 valence electrons. The Bertz CT molecular complexity index is 351. The van der Waals surface area contributed by atoms with Gasteiger partial charge in [0.1, 0.15) is 6.61 Å². The smallest absolute Gasteiger partial charge is 0.261 e. The molecular weight excluding hydrogens is 240 g/mol. The Labute approximate surface area is 105 Å². The van der Waals surface area contributed by atoms with Crippen LogP contribution in [0.5, 0.6) is 0 Å². The van der Waals surface area contributed by atoms with Crippen LogP contribution in [0.25, 0.3) is 0 Å². The van der Waals surface area contributed by atoms with Crippen LogP contribution < -0.4 is 5.32 Å². The molecule has 0 radical (unpaired) electrons. The lowest BCUT2D eigenvalue weighted by molar-refractivity contribution is 0.0145. The van der Waals surface area contributed by atoms with Crippen molar-refractivity contribution in [1.82, 2.24) is 14.9 Å². The van der Waals surface area contributed by atoms with E-state index in [0.717, 1.165) is 25.9 Å². The van der Waals surface area contributed by atoms with E-state index >= 15 is 0 Å². The highest BCUT2D eigenvalue weighted by Gasteiger charge is 2.18. The second kappa shape index (κ2) is 6.80. The number of aromatic nitrogens is 2. The van der Waals surface area contributed by atoms with E-state index in [1.807, 2.05) is 10.8 Å². The van der Waals surface area contributed by atoms with Gasteiger partial charge in [-0.15, -0.1) is 0 Å². The zero-order valence-electron chi connectivity index (χ0n) is 10.3. The van der Waals surface area contributed by atoms with Crippen molar-refractivity contribution in [2.75, 3.05) is 26.3 Å². The summed E-state index contributed by atoms with van der Waals surface area (Å²) in [5.41, 5.74) is 1.19. The minimum Gasteiger partial charge on any atom is -0.374 e. The third-order valence-corrected chi connectivity index (χ3v) is 3.22. The predicted octanol–water partition coefficient (Wildman–Crippen LogP) is 1.63. The SMILES string of the molecule is FC(F)COCCn1cncc1C1CCNCC1. The topological polar surface area (TPSA) is 39.1 Å². The molecule has 0 atom stereocenters. The number of alkyl halides is 2. The van der Waals surface area contributed by atoms with Gasteiger partial charge in [-0.1, -0.05) is 0 Å². The maximum absolute atomic E-state index is 11.9. The zero-order valence-corrected chi connectivity index (χ0v) is 10.3. The van der Waals surface area contributed by atoms with Crippen LogP contribution >= 0.6 is 0 Å². The lowest BCUT2D eigenvalue weighted by Gasteiger charge is -2.23. The first-order valence-electron chi connectivity index (χ1n) is 6.34. The van der Waals surface area contributed by atoms with E-state index in [-0.39, 0.29) is 0 Å². The Balaban J connectivity index is 1.83. The molecule has 4 nitrogen and oxygen atoms in total. The summed E-state index contributed by atoms with van der Waals surface area (Å²) >= 11 is 0. The molecule has 0 aromatic carbocycles. The molecular formula is C12H19F2N3O. The molecule has 18 heavy (non-hydrogen) atoms. The Morgan fingerprint density at radius 1 is 1.44 bits per heavy atom. The molecule has 1 fully saturated rings. The van der Waals surface area contributed by atoms with Crippen LogP contribution in [-0.2, 0) is 11.3 Å². The van der Waals surface area contributed by atoms with Crippen molar-refractivity contribution in [3.8, 4) is 0 Å². The molecule has 0 aliphatic carbocycles. The molecule has 6 heteroatoms. The second-order valence-electron chi connectivity index (χ2n) is 4.50. The summed E-state index contributed by atoms with van der Waals surface area (Å²) in [7, 11) is 0. The number of ether oxygens (including phenoxy) is 1. The monoisotopic (exact) mass is 259 g/mol. The Morgan fingerprint density at radius 2 is 2.22 bits per heavy atom. The van der Waals surface area contributed by atoms with E-state index in [4.69, 9.17) is 4.74 Å². The first-order chi connectivity index (χ1) is 8.77. The second-order valence-corrected chi connectivity index (χ2v) is 4.50. The van der Waals surface area contributed by atoms with Gasteiger partial charge in [-0.3, -0.25) is 0 Å². The summed E-state index contributed by atoms with van der Waals surface area (Å²) in [5.74, 6) is 0.517. The first kappa shape index (κ1) is 13.4. The lowest BCUT2D eigenvalue weighted by Crippen LogP contribution is -2.27. The third-order valence-electron chi connectivity index (χ3n) is 3.22. The number of hydrogen-bond acceptors (Lipinski definition) is 3. The normalized spacial score (nSPS) is 17.5. The van der Waals surface area contributed by atoms with Crippen molar-refractivity contribution in [3.63, 3.8) is 0 Å². The average molecular weight is 259 g/mol. The Kier molecular flexibility index (Phi) is 5.07. The molecule has 0 bridgehead atoms. The number of nitrogens with one attached hydrogen (secondary N) is 1. The number of nitrogens with zero attached hydrogens (tertiary/aromatic N) is 2. The van der Waals surface area contributed by atoms with Gasteiger partial charge in [-0.05, 0) is 25.9 Å². The van der Waals surface area contributed by atoms with Gasteiger partial charge in [0.15, 0.2) is 0 Å². The van der Waals surface area contributed by atoms with Crippen LogP contribution in [0.1, 0.15) is 24.5 Å². The number of hydrogen-bond donors (Lipinski definition) is 1. The highest BCUT2D eigenvalue weighted by molar-refractivity contribution is 5.07. The maximum atomic E-state index is 11.9. The van der Waals surface area contributed by atoms with Gasteiger partial charge in [0, 0.05) is 24.4 Å². The van der Waals surface area contributed by atoms with Gasteiger partial charge in [0.05, 0.1) is 12.9 Å². The van der Waals surface area contributed by atoms with E-state index in [9.17, 15) is 8.78 Å². The van der Waals surface area contributed by atoms with Crippen molar-refractivity contribution < 1.29 is 13.5 Å². The molecule has 0 saturated carbocycles. The highest BCUT2D eigenvalue weighted by atomic mass is 19.3. The molecule has 1 aromatic heterocycles. The quantitative estimate of drug-likeness (QED) is 0.789. The van der Waals surface area contributed by atoms with Crippen molar-refractivity contribution in [1.29, 1.82) is 0 Å². The summed E-state index contributed by atoms with van der Waals surface area (Å²) in [4.78, 5) is 4.15. The molecule has 0 spiro atoms. The first-order valence-corrected chi connectivity index (χ1v) is 6.34. The van der Waals surface area contributed by atoms with Gasteiger partial charge in [0.25, 0.3) is 6.43 Å². The van der Waals surface area contributed by atoms with Crippen LogP contribution in [0.2, 0.25) is 0 Å². The molecule has 2 rings (SSSR count). The number of halogens is 2. The fourth-order valence-electron chi connectivity index (χ4n) is 2.31. The number of piperidine rings is 1. The van der Waals surface area contributed by atoms with Gasteiger partial charge < -0.3 is 14.6 Å². The Hall–Kier alpha value is -1.01. The highest BCUT2D eigenvalue weighted by Crippen LogP contribution is 2.24. The van der Waals surface area contributed by atoms with Crippen LogP contribution in [-0.4, -0.2) is 42.3 Å². The molecule has 1 saturated heterocycles. The predicted molar refractivity (Wildman–Crippen MR) is 63.9 cm³/mol. The standard InChI is InChI=1S/C12H19F2N3O/c13-12(14)8-18-6-5-17-9-16-7-11(17)10-1-3-15-4-2-10/h7,9-10,12,15H,1-6,8H2. The van der Waals surface area contributed by atoms with Crippen molar-refractivity contribution in [2.24, 2.45) is 0 Å². The van der Waals surface area contributed by atoms with Crippen molar-refractivity contribution >= 4 is 0 Å². The molecule has 1 aliphatic heterocycles. The van der Waals surface area contributed by atoms with Crippen LogP contribution in [0, 0.1) is 0 Å². The average Bonchev–Trinajstić information content (AvgIpc) is 2.84. The van der Waals surface area contributed by atoms with E-state index in [1.54, 1.807) is 6.33 Å². The minimum absolute atomic E-state index is 0.304. The van der Waals surface area contributed by atoms with Gasteiger partial charge in [0.2, 0.25) is 0 Å². The fraction of sp³-hybridized carbons (Fsp3) is 0.750. The van der Waals surface area contributed by atoms with E-state index < -0.39 is 13.0 Å². The van der Waals surface area contributed by atoms with Crippen molar-refractivity contribution in [2.45, 2.75) is 31.7 Å². The Morgan fingerprint density at radius 3 is 2.94 bits per heavy atom. The van der Waals surface area contributed by atoms with E-state index in [1.165, 1.54) is 5.69 Å². The number of imidazole rings is 1. The summed E-state index contributed by atoms with van der Waals surface area (Å²) in [6.07, 6.45) is 3.44. The molecule has 1 aromatic rings. The summed E-state index contributed by atoms with van der Waals surface area (Å²) < 4.78 is 30.8. The lowest BCUT2D eigenvalue weighted by atomic mass is 9.95. The summed E-state index contributed by atoms with van der Waals surface area (Å²) in [5, 5.41) is 3.32. The van der Waals surface area contributed by atoms with E-state index in [0.29, 0.717) is 19.1 Å². The third kappa shape index (κ3) is 3.74. The zero-order chi connectivity index (χ0) is 12.8. The largest absolute Gasteiger partial charge is 0.374 e. The van der Waals surface area contributed by atoms with Crippen LogP contribution in [0.15, 0.2) is 12.5 Å². The number of rotatable bonds is 6. The molecule has 0 unspecified atom stereocenters. The minimum atomic E-state index is -2.39. The molecule has 0 amide bonds. The van der Waals surface area contributed by atoms with E-state index in [2.05, 4.69) is 10.3 Å². The summed E-state index contributed by atoms with van der Waals surface area (Å²) in [6, 6.07) is 0. The fourth-order valence-corrected chi connectivity index (χ4v) is 2.31. The molecule has 1 N–H and O–H groups in total. The van der Waals surface area contributed by atoms with Gasteiger partial charge in [-0.25, -0.2) is 13.8 Å². The maximum Gasteiger partial charge on any atom is 0.261 e.